The van der Waals surface area contributed by atoms with Crippen molar-refractivity contribution in [3.8, 4) is 0 Å². The number of carbonyl (C=O) groups is 1. The predicted octanol–water partition coefficient (Wildman–Crippen LogP) is 1.99. The monoisotopic (exact) mass is 246 g/mol. The van der Waals surface area contributed by atoms with E-state index in [2.05, 4.69) is 6.92 Å². The van der Waals surface area contributed by atoms with Crippen LogP contribution in [0.15, 0.2) is 30.3 Å². The van der Waals surface area contributed by atoms with Gasteiger partial charge in [0.1, 0.15) is 0 Å². The molecule has 2 rings (SSSR count). The molecule has 3 atom stereocenters. The summed E-state index contributed by atoms with van der Waals surface area (Å²) < 4.78 is 0. The Morgan fingerprint density at radius 3 is 2.67 bits per heavy atom. The lowest BCUT2D eigenvalue weighted by Crippen LogP contribution is -2.50. The number of nitrogens with zero attached hydrogens (tertiary/aromatic N) is 1. The van der Waals surface area contributed by atoms with E-state index in [1.807, 2.05) is 42.2 Å². The molecule has 0 bridgehead atoms. The normalized spacial score (nSPS) is 25.8. The molecule has 1 heterocycles. The van der Waals surface area contributed by atoms with Crippen molar-refractivity contribution < 1.29 is 4.79 Å². The summed E-state index contributed by atoms with van der Waals surface area (Å²) in [6.07, 6.45) is 1.01. The van der Waals surface area contributed by atoms with E-state index in [9.17, 15) is 4.79 Å². The van der Waals surface area contributed by atoms with Crippen molar-refractivity contribution in [2.24, 2.45) is 11.7 Å². The van der Waals surface area contributed by atoms with Gasteiger partial charge in [-0.05, 0) is 24.8 Å². The number of nitrogens with two attached hydrogens (primary N) is 1. The fourth-order valence-corrected chi connectivity index (χ4v) is 2.46. The van der Waals surface area contributed by atoms with Crippen LogP contribution in [0.1, 0.15) is 31.7 Å². The Morgan fingerprint density at radius 1 is 1.39 bits per heavy atom. The fraction of sp³-hybridized carbons (Fsp3) is 0.533. The van der Waals surface area contributed by atoms with E-state index >= 15 is 0 Å². The minimum atomic E-state index is -0.0770. The summed E-state index contributed by atoms with van der Waals surface area (Å²) in [6, 6.07) is 10.1. The average molecular weight is 246 g/mol. The topological polar surface area (TPSA) is 46.3 Å². The summed E-state index contributed by atoms with van der Waals surface area (Å²) in [6.45, 7) is 5.66. The highest BCUT2D eigenvalue weighted by Gasteiger charge is 2.29. The SMILES string of the molecule is CC(C(=O)N1CCC(C)C(N)C1)c1ccccc1. The Hall–Kier alpha value is -1.35. The maximum atomic E-state index is 12.4. The number of likely N-dealkylation sites (tertiary alicyclic amines) is 1. The van der Waals surface area contributed by atoms with Gasteiger partial charge in [-0.1, -0.05) is 37.3 Å². The Morgan fingerprint density at radius 2 is 2.06 bits per heavy atom. The molecule has 1 aromatic carbocycles. The third-order valence-corrected chi connectivity index (χ3v) is 4.00. The van der Waals surface area contributed by atoms with Crippen molar-refractivity contribution in [3.05, 3.63) is 35.9 Å². The molecule has 1 aliphatic heterocycles. The first kappa shape index (κ1) is 13.1. The van der Waals surface area contributed by atoms with Gasteiger partial charge in [-0.25, -0.2) is 0 Å². The van der Waals surface area contributed by atoms with Crippen molar-refractivity contribution in [2.75, 3.05) is 13.1 Å². The lowest BCUT2D eigenvalue weighted by atomic mass is 9.92. The standard InChI is InChI=1S/C15H22N2O/c1-11-8-9-17(10-14(11)16)15(18)12(2)13-6-4-3-5-7-13/h3-7,11-12,14H,8-10,16H2,1-2H3. The first-order chi connectivity index (χ1) is 8.59. The number of rotatable bonds is 2. The van der Waals surface area contributed by atoms with E-state index in [-0.39, 0.29) is 17.9 Å². The molecule has 1 saturated heterocycles. The molecule has 3 nitrogen and oxygen atoms in total. The van der Waals surface area contributed by atoms with Gasteiger partial charge in [0, 0.05) is 19.1 Å². The molecule has 0 radical (unpaired) electrons. The molecule has 1 aliphatic rings. The molecule has 0 spiro atoms. The van der Waals surface area contributed by atoms with Gasteiger partial charge in [0.05, 0.1) is 5.92 Å². The van der Waals surface area contributed by atoms with Gasteiger partial charge in [0.15, 0.2) is 0 Å². The minimum absolute atomic E-state index is 0.0770. The van der Waals surface area contributed by atoms with Gasteiger partial charge in [-0.3, -0.25) is 4.79 Å². The number of carbonyl (C=O) groups excluding carboxylic acids is 1. The highest BCUT2D eigenvalue weighted by molar-refractivity contribution is 5.83. The smallest absolute Gasteiger partial charge is 0.229 e. The molecule has 18 heavy (non-hydrogen) atoms. The largest absolute Gasteiger partial charge is 0.341 e. The predicted molar refractivity (Wildman–Crippen MR) is 73.2 cm³/mol. The molecule has 3 unspecified atom stereocenters. The molecule has 2 N–H and O–H groups in total. The van der Waals surface area contributed by atoms with E-state index in [0.29, 0.717) is 12.5 Å². The van der Waals surface area contributed by atoms with E-state index in [1.54, 1.807) is 0 Å². The molecule has 0 aromatic heterocycles. The van der Waals surface area contributed by atoms with Gasteiger partial charge < -0.3 is 10.6 Å². The molecule has 98 valence electrons. The van der Waals surface area contributed by atoms with Gasteiger partial charge in [-0.15, -0.1) is 0 Å². The first-order valence-electron chi connectivity index (χ1n) is 6.69. The molecule has 1 amide bonds. The molecular weight excluding hydrogens is 224 g/mol. The van der Waals surface area contributed by atoms with E-state index in [0.717, 1.165) is 18.5 Å². The number of piperidine rings is 1. The van der Waals surface area contributed by atoms with Crippen molar-refractivity contribution in [2.45, 2.75) is 32.2 Å². The summed E-state index contributed by atoms with van der Waals surface area (Å²) in [4.78, 5) is 14.3. The number of amides is 1. The molecule has 1 aromatic rings. The van der Waals surface area contributed by atoms with E-state index in [4.69, 9.17) is 5.73 Å². The third kappa shape index (κ3) is 2.72. The van der Waals surface area contributed by atoms with Crippen LogP contribution in [0.2, 0.25) is 0 Å². The minimum Gasteiger partial charge on any atom is -0.341 e. The van der Waals surface area contributed by atoms with Crippen molar-refractivity contribution >= 4 is 5.91 Å². The zero-order chi connectivity index (χ0) is 13.1. The summed E-state index contributed by atoms with van der Waals surface area (Å²) >= 11 is 0. The molecule has 0 aliphatic carbocycles. The number of hydrogen-bond donors (Lipinski definition) is 1. The maximum absolute atomic E-state index is 12.4. The Bertz CT molecular complexity index is 404. The quantitative estimate of drug-likeness (QED) is 0.867. The average Bonchev–Trinajstić information content (AvgIpc) is 2.41. The van der Waals surface area contributed by atoms with Crippen LogP contribution >= 0.6 is 0 Å². The van der Waals surface area contributed by atoms with Crippen LogP contribution in [0.4, 0.5) is 0 Å². The Balaban J connectivity index is 2.03. The number of benzene rings is 1. The number of hydrogen-bond acceptors (Lipinski definition) is 2. The Kier molecular flexibility index (Phi) is 4.02. The fourth-order valence-electron chi connectivity index (χ4n) is 2.46. The maximum Gasteiger partial charge on any atom is 0.229 e. The van der Waals surface area contributed by atoms with Crippen LogP contribution in [0, 0.1) is 5.92 Å². The molecule has 1 fully saturated rings. The summed E-state index contributed by atoms with van der Waals surface area (Å²) in [7, 11) is 0. The van der Waals surface area contributed by atoms with Crippen LogP contribution in [0.3, 0.4) is 0 Å². The van der Waals surface area contributed by atoms with Crippen LogP contribution in [0.5, 0.6) is 0 Å². The van der Waals surface area contributed by atoms with Crippen molar-refractivity contribution in [1.82, 2.24) is 4.90 Å². The van der Waals surface area contributed by atoms with Crippen molar-refractivity contribution in [3.63, 3.8) is 0 Å². The molecule has 0 saturated carbocycles. The summed E-state index contributed by atoms with van der Waals surface area (Å²) in [5.41, 5.74) is 7.13. The van der Waals surface area contributed by atoms with E-state index < -0.39 is 0 Å². The highest BCUT2D eigenvalue weighted by Crippen LogP contribution is 2.22. The second kappa shape index (κ2) is 5.53. The zero-order valence-corrected chi connectivity index (χ0v) is 11.2. The molecular formula is C15H22N2O. The lowest BCUT2D eigenvalue weighted by molar-refractivity contribution is -0.134. The first-order valence-corrected chi connectivity index (χ1v) is 6.69. The van der Waals surface area contributed by atoms with Gasteiger partial charge in [0.2, 0.25) is 5.91 Å². The second-order valence-electron chi connectivity index (χ2n) is 5.35. The highest BCUT2D eigenvalue weighted by atomic mass is 16.2. The zero-order valence-electron chi connectivity index (χ0n) is 11.2. The summed E-state index contributed by atoms with van der Waals surface area (Å²) in [5.74, 6) is 0.636. The van der Waals surface area contributed by atoms with Crippen LogP contribution in [0.25, 0.3) is 0 Å². The third-order valence-electron chi connectivity index (χ3n) is 4.00. The second-order valence-corrected chi connectivity index (χ2v) is 5.35. The van der Waals surface area contributed by atoms with E-state index in [1.165, 1.54) is 0 Å². The lowest BCUT2D eigenvalue weighted by Gasteiger charge is -2.36. The summed E-state index contributed by atoms with van der Waals surface area (Å²) in [5, 5.41) is 0. The van der Waals surface area contributed by atoms with Crippen LogP contribution < -0.4 is 5.73 Å². The van der Waals surface area contributed by atoms with Crippen molar-refractivity contribution in [1.29, 1.82) is 0 Å². The Labute approximate surface area is 109 Å². The van der Waals surface area contributed by atoms with Gasteiger partial charge in [-0.2, -0.15) is 0 Å². The van der Waals surface area contributed by atoms with Gasteiger partial charge in [0.25, 0.3) is 0 Å². The van der Waals surface area contributed by atoms with Gasteiger partial charge >= 0.3 is 0 Å². The van der Waals surface area contributed by atoms with Crippen LogP contribution in [-0.4, -0.2) is 29.9 Å². The molecule has 3 heteroatoms. The van der Waals surface area contributed by atoms with Crippen LogP contribution in [-0.2, 0) is 4.79 Å².